The van der Waals surface area contributed by atoms with Gasteiger partial charge in [-0.1, -0.05) is 39.5 Å². The summed E-state index contributed by atoms with van der Waals surface area (Å²) in [6.45, 7) is 6.27. The molecule has 1 aliphatic carbocycles. The smallest absolute Gasteiger partial charge is 0.227 e. The normalized spacial score (nSPS) is 29.3. The molecule has 2 rings (SSSR count). The van der Waals surface area contributed by atoms with Crippen LogP contribution >= 0.6 is 0 Å². The molecular weight excluding hydrogens is 248 g/mol. The molecule has 2 aliphatic rings. The molecule has 20 heavy (non-hydrogen) atoms. The summed E-state index contributed by atoms with van der Waals surface area (Å²) in [4.78, 5) is 12.8. The third-order valence-electron chi connectivity index (χ3n) is 5.43. The van der Waals surface area contributed by atoms with Gasteiger partial charge in [-0.25, -0.2) is 0 Å². The van der Waals surface area contributed by atoms with Gasteiger partial charge in [-0.05, 0) is 44.6 Å². The number of carbonyl (C=O) groups excluding carboxylic acids is 1. The molecule has 2 unspecified atom stereocenters. The van der Waals surface area contributed by atoms with Crippen molar-refractivity contribution in [3.8, 4) is 0 Å². The Hall–Kier alpha value is -0.570. The summed E-state index contributed by atoms with van der Waals surface area (Å²) in [5.41, 5.74) is -0.128. The summed E-state index contributed by atoms with van der Waals surface area (Å²) >= 11 is 0. The maximum absolute atomic E-state index is 12.8. The Bertz CT molecular complexity index is 304. The largest absolute Gasteiger partial charge is 0.353 e. The molecule has 0 radical (unpaired) electrons. The Balaban J connectivity index is 1.96. The number of amides is 1. The summed E-state index contributed by atoms with van der Waals surface area (Å²) in [5.74, 6) is 1.03. The lowest BCUT2D eigenvalue weighted by Gasteiger charge is -2.34. The van der Waals surface area contributed by atoms with Crippen LogP contribution < -0.4 is 10.6 Å². The standard InChI is InChI=1S/C17H32N2O/c1-3-10-17(11-12-18-13-17)16(20)19-15(4-2)14-8-6-5-7-9-14/h14-15,18H,3-13H2,1-2H3,(H,19,20). The monoisotopic (exact) mass is 280 g/mol. The number of rotatable bonds is 6. The zero-order chi connectivity index (χ0) is 14.4. The molecule has 0 aromatic rings. The van der Waals surface area contributed by atoms with E-state index in [1.165, 1.54) is 32.1 Å². The van der Waals surface area contributed by atoms with E-state index in [-0.39, 0.29) is 5.41 Å². The fourth-order valence-corrected chi connectivity index (χ4v) is 4.15. The minimum absolute atomic E-state index is 0.128. The van der Waals surface area contributed by atoms with Gasteiger partial charge in [0.2, 0.25) is 5.91 Å². The molecule has 0 aromatic heterocycles. The van der Waals surface area contributed by atoms with Crippen LogP contribution in [0.25, 0.3) is 0 Å². The van der Waals surface area contributed by atoms with Crippen LogP contribution in [0.3, 0.4) is 0 Å². The van der Waals surface area contributed by atoms with E-state index in [9.17, 15) is 4.79 Å². The Morgan fingerprint density at radius 2 is 2.05 bits per heavy atom. The number of nitrogens with one attached hydrogen (secondary N) is 2. The minimum atomic E-state index is -0.128. The first kappa shape index (κ1) is 15.8. The molecular formula is C17H32N2O. The lowest BCUT2D eigenvalue weighted by molar-refractivity contribution is -0.131. The van der Waals surface area contributed by atoms with Crippen LogP contribution in [0.5, 0.6) is 0 Å². The predicted octanol–water partition coefficient (Wildman–Crippen LogP) is 3.24. The Labute approximate surface area is 124 Å². The van der Waals surface area contributed by atoms with Gasteiger partial charge >= 0.3 is 0 Å². The van der Waals surface area contributed by atoms with Gasteiger partial charge in [-0.2, -0.15) is 0 Å². The van der Waals surface area contributed by atoms with Gasteiger partial charge in [0, 0.05) is 12.6 Å². The van der Waals surface area contributed by atoms with Gasteiger partial charge in [-0.3, -0.25) is 4.79 Å². The molecule has 1 saturated carbocycles. The quantitative estimate of drug-likeness (QED) is 0.784. The van der Waals surface area contributed by atoms with E-state index >= 15 is 0 Å². The molecule has 2 atom stereocenters. The highest BCUT2D eigenvalue weighted by atomic mass is 16.2. The Kier molecular flexibility index (Phi) is 5.88. The van der Waals surface area contributed by atoms with E-state index in [2.05, 4.69) is 24.5 Å². The average Bonchev–Trinajstić information content (AvgIpc) is 2.96. The van der Waals surface area contributed by atoms with Crippen molar-refractivity contribution in [2.45, 2.75) is 77.7 Å². The molecule has 3 heteroatoms. The topological polar surface area (TPSA) is 41.1 Å². The number of carbonyl (C=O) groups is 1. The molecule has 1 heterocycles. The summed E-state index contributed by atoms with van der Waals surface area (Å²) in [7, 11) is 0. The summed E-state index contributed by atoms with van der Waals surface area (Å²) in [6.07, 6.45) is 10.9. The average molecular weight is 280 g/mol. The van der Waals surface area contributed by atoms with E-state index < -0.39 is 0 Å². The lowest BCUT2D eigenvalue weighted by Crippen LogP contribution is -2.49. The maximum atomic E-state index is 12.8. The SMILES string of the molecule is CCCC1(C(=O)NC(CC)C2CCCCC2)CCNC1. The third kappa shape index (κ3) is 3.55. The van der Waals surface area contributed by atoms with E-state index in [1.54, 1.807) is 0 Å². The van der Waals surface area contributed by atoms with Crippen LogP contribution in [-0.4, -0.2) is 25.0 Å². The molecule has 1 amide bonds. The molecule has 0 aromatic carbocycles. The molecule has 1 aliphatic heterocycles. The fourth-order valence-electron chi connectivity index (χ4n) is 4.15. The highest BCUT2D eigenvalue weighted by molar-refractivity contribution is 5.83. The zero-order valence-corrected chi connectivity index (χ0v) is 13.3. The van der Waals surface area contributed by atoms with E-state index in [1.807, 2.05) is 0 Å². The number of hydrogen-bond donors (Lipinski definition) is 2. The summed E-state index contributed by atoms with van der Waals surface area (Å²) < 4.78 is 0. The second-order valence-electron chi connectivity index (χ2n) is 6.84. The van der Waals surface area contributed by atoms with Crippen molar-refractivity contribution < 1.29 is 4.79 Å². The second kappa shape index (κ2) is 7.44. The van der Waals surface area contributed by atoms with Crippen molar-refractivity contribution in [2.24, 2.45) is 11.3 Å². The first-order valence-electron chi connectivity index (χ1n) is 8.73. The van der Waals surface area contributed by atoms with Crippen LogP contribution in [0.15, 0.2) is 0 Å². The van der Waals surface area contributed by atoms with E-state index in [0.29, 0.717) is 17.9 Å². The van der Waals surface area contributed by atoms with E-state index in [4.69, 9.17) is 0 Å². The van der Waals surface area contributed by atoms with Crippen LogP contribution in [0, 0.1) is 11.3 Å². The van der Waals surface area contributed by atoms with E-state index in [0.717, 1.165) is 38.8 Å². The first-order chi connectivity index (χ1) is 9.72. The molecule has 0 bridgehead atoms. The summed E-state index contributed by atoms with van der Waals surface area (Å²) in [5, 5.41) is 6.81. The fraction of sp³-hybridized carbons (Fsp3) is 0.941. The number of hydrogen-bond acceptors (Lipinski definition) is 2. The lowest BCUT2D eigenvalue weighted by atomic mass is 9.79. The van der Waals surface area contributed by atoms with Crippen LogP contribution in [0.4, 0.5) is 0 Å². The predicted molar refractivity (Wildman–Crippen MR) is 83.6 cm³/mol. The molecule has 2 fully saturated rings. The maximum Gasteiger partial charge on any atom is 0.227 e. The Morgan fingerprint density at radius 3 is 2.60 bits per heavy atom. The third-order valence-corrected chi connectivity index (χ3v) is 5.43. The van der Waals surface area contributed by atoms with Gasteiger partial charge in [0.05, 0.1) is 5.41 Å². The molecule has 116 valence electrons. The van der Waals surface area contributed by atoms with Crippen molar-refractivity contribution in [1.82, 2.24) is 10.6 Å². The van der Waals surface area contributed by atoms with Crippen molar-refractivity contribution in [3.63, 3.8) is 0 Å². The van der Waals surface area contributed by atoms with Gasteiger partial charge in [0.25, 0.3) is 0 Å². The van der Waals surface area contributed by atoms with Crippen LogP contribution in [0.2, 0.25) is 0 Å². The second-order valence-corrected chi connectivity index (χ2v) is 6.84. The van der Waals surface area contributed by atoms with Crippen molar-refractivity contribution in [2.75, 3.05) is 13.1 Å². The molecule has 3 nitrogen and oxygen atoms in total. The van der Waals surface area contributed by atoms with Crippen molar-refractivity contribution in [1.29, 1.82) is 0 Å². The molecule has 2 N–H and O–H groups in total. The van der Waals surface area contributed by atoms with Gasteiger partial charge in [0.15, 0.2) is 0 Å². The zero-order valence-electron chi connectivity index (χ0n) is 13.3. The van der Waals surface area contributed by atoms with Gasteiger partial charge in [0.1, 0.15) is 0 Å². The van der Waals surface area contributed by atoms with Crippen LogP contribution in [0.1, 0.15) is 71.6 Å². The minimum Gasteiger partial charge on any atom is -0.353 e. The molecule has 0 spiro atoms. The van der Waals surface area contributed by atoms with Crippen LogP contribution in [-0.2, 0) is 4.79 Å². The highest BCUT2D eigenvalue weighted by Gasteiger charge is 2.41. The van der Waals surface area contributed by atoms with Crippen molar-refractivity contribution >= 4 is 5.91 Å². The highest BCUT2D eigenvalue weighted by Crippen LogP contribution is 2.33. The molecule has 1 saturated heterocycles. The van der Waals surface area contributed by atoms with Gasteiger partial charge in [-0.15, -0.1) is 0 Å². The van der Waals surface area contributed by atoms with Crippen molar-refractivity contribution in [3.05, 3.63) is 0 Å². The first-order valence-corrected chi connectivity index (χ1v) is 8.73. The Morgan fingerprint density at radius 1 is 1.30 bits per heavy atom. The van der Waals surface area contributed by atoms with Gasteiger partial charge < -0.3 is 10.6 Å². The summed E-state index contributed by atoms with van der Waals surface area (Å²) in [6, 6.07) is 0.400.